The van der Waals surface area contributed by atoms with E-state index in [1.165, 1.54) is 30.6 Å². The normalized spacial score (nSPS) is 11.0. The van der Waals surface area contributed by atoms with Crippen molar-refractivity contribution < 1.29 is 9.18 Å². The maximum Gasteiger partial charge on any atom is 0.255 e. The number of hydrogen-bond acceptors (Lipinski definition) is 5. The van der Waals surface area contributed by atoms with Crippen LogP contribution < -0.4 is 5.32 Å². The number of fused-ring (bicyclic) bond motifs is 1. The maximum atomic E-state index is 13.0. The molecule has 0 bridgehead atoms. The molecule has 29 heavy (non-hydrogen) atoms. The Labute approximate surface area is 171 Å². The van der Waals surface area contributed by atoms with Crippen LogP contribution in [0.2, 0.25) is 0 Å². The Bertz CT molecular complexity index is 1140. The van der Waals surface area contributed by atoms with Crippen molar-refractivity contribution in [2.45, 2.75) is 29.7 Å². The van der Waals surface area contributed by atoms with Crippen molar-refractivity contribution in [2.24, 2.45) is 0 Å². The van der Waals surface area contributed by atoms with E-state index < -0.39 is 0 Å². The molecule has 4 rings (SSSR count). The van der Waals surface area contributed by atoms with Crippen LogP contribution >= 0.6 is 11.8 Å². The monoisotopic (exact) mass is 407 g/mol. The molecular formula is C21H18FN5OS. The molecular weight excluding hydrogens is 389 g/mol. The van der Waals surface area contributed by atoms with E-state index in [0.717, 1.165) is 28.5 Å². The van der Waals surface area contributed by atoms with Gasteiger partial charge >= 0.3 is 0 Å². The number of anilines is 1. The van der Waals surface area contributed by atoms with Crippen LogP contribution in [-0.4, -0.2) is 25.5 Å². The molecule has 2 aromatic heterocycles. The summed E-state index contributed by atoms with van der Waals surface area (Å²) < 4.78 is 14.7. The fourth-order valence-corrected chi connectivity index (χ4v) is 3.74. The average molecular weight is 407 g/mol. The fraction of sp³-hybridized carbons (Fsp3) is 0.143. The molecule has 0 aliphatic carbocycles. The quantitative estimate of drug-likeness (QED) is 0.472. The molecule has 1 N–H and O–H groups in total. The fourth-order valence-electron chi connectivity index (χ4n) is 2.82. The van der Waals surface area contributed by atoms with E-state index in [4.69, 9.17) is 0 Å². The Balaban J connectivity index is 1.50. The van der Waals surface area contributed by atoms with E-state index in [1.807, 2.05) is 30.3 Å². The topological polar surface area (TPSA) is 72.2 Å². The number of nitrogens with zero attached hydrogens (tertiary/aromatic N) is 4. The third-order valence-electron chi connectivity index (χ3n) is 4.22. The predicted molar refractivity (Wildman–Crippen MR) is 110 cm³/mol. The molecule has 1 amide bonds. The molecule has 0 aliphatic rings. The lowest BCUT2D eigenvalue weighted by Gasteiger charge is -2.08. The van der Waals surface area contributed by atoms with Crippen molar-refractivity contribution in [1.29, 1.82) is 0 Å². The summed E-state index contributed by atoms with van der Waals surface area (Å²) in [6.45, 7) is 2.11. The lowest BCUT2D eigenvalue weighted by Crippen LogP contribution is -2.11. The van der Waals surface area contributed by atoms with Crippen molar-refractivity contribution in [1.82, 2.24) is 19.6 Å². The number of hydrogen-bond donors (Lipinski definition) is 1. The van der Waals surface area contributed by atoms with Crippen LogP contribution in [0.4, 0.5) is 10.1 Å². The molecule has 0 aliphatic heterocycles. The smallest absolute Gasteiger partial charge is 0.255 e. The lowest BCUT2D eigenvalue weighted by molar-refractivity contribution is 0.102. The summed E-state index contributed by atoms with van der Waals surface area (Å²) >= 11 is 1.55. The number of rotatable bonds is 6. The first-order chi connectivity index (χ1) is 14.1. The van der Waals surface area contributed by atoms with Gasteiger partial charge in [0.1, 0.15) is 17.2 Å². The van der Waals surface area contributed by atoms with E-state index in [0.29, 0.717) is 17.0 Å². The number of carbonyl (C=O) groups excluding carboxylic acids is 1. The number of carbonyl (C=O) groups is 1. The zero-order valence-corrected chi connectivity index (χ0v) is 16.5. The van der Waals surface area contributed by atoms with E-state index in [1.54, 1.807) is 16.3 Å². The van der Waals surface area contributed by atoms with Gasteiger partial charge in [0.25, 0.3) is 11.7 Å². The van der Waals surface area contributed by atoms with Crippen molar-refractivity contribution in [3.05, 3.63) is 78.0 Å². The average Bonchev–Trinajstić information content (AvgIpc) is 3.19. The molecule has 2 heterocycles. The van der Waals surface area contributed by atoms with Crippen LogP contribution in [0.3, 0.4) is 0 Å². The van der Waals surface area contributed by atoms with Crippen LogP contribution in [-0.2, 0) is 6.42 Å². The van der Waals surface area contributed by atoms with Crippen molar-refractivity contribution in [3.63, 3.8) is 0 Å². The van der Waals surface area contributed by atoms with Crippen LogP contribution in [0.25, 0.3) is 5.78 Å². The van der Waals surface area contributed by atoms with Crippen molar-refractivity contribution in [2.75, 3.05) is 5.32 Å². The largest absolute Gasteiger partial charge is 0.322 e. The number of aryl methyl sites for hydroxylation is 1. The van der Waals surface area contributed by atoms with E-state index in [9.17, 15) is 9.18 Å². The van der Waals surface area contributed by atoms with Gasteiger partial charge in [-0.3, -0.25) is 4.79 Å². The highest BCUT2D eigenvalue weighted by Crippen LogP contribution is 2.29. The molecule has 0 atom stereocenters. The van der Waals surface area contributed by atoms with Gasteiger partial charge in [0, 0.05) is 21.8 Å². The molecule has 0 radical (unpaired) electrons. The molecule has 0 unspecified atom stereocenters. The summed E-state index contributed by atoms with van der Waals surface area (Å²) in [5, 5.41) is 7.99. The second kappa shape index (κ2) is 8.40. The minimum absolute atomic E-state index is 0.284. The molecule has 0 fully saturated rings. The van der Waals surface area contributed by atoms with Gasteiger partial charge in [-0.1, -0.05) is 25.1 Å². The van der Waals surface area contributed by atoms with Crippen LogP contribution in [0.1, 0.15) is 29.4 Å². The van der Waals surface area contributed by atoms with Gasteiger partial charge in [-0.15, -0.1) is 0 Å². The minimum atomic E-state index is -0.373. The van der Waals surface area contributed by atoms with Gasteiger partial charge in [0.2, 0.25) is 0 Å². The van der Waals surface area contributed by atoms with Crippen molar-refractivity contribution >= 4 is 29.1 Å². The van der Waals surface area contributed by atoms with Crippen molar-refractivity contribution in [3.8, 4) is 0 Å². The molecule has 0 saturated carbocycles. The highest BCUT2D eigenvalue weighted by molar-refractivity contribution is 7.99. The Hall–Kier alpha value is -3.26. The summed E-state index contributed by atoms with van der Waals surface area (Å²) in [6, 6.07) is 15.0. The molecule has 4 aromatic rings. The maximum absolute atomic E-state index is 13.0. The SMILES string of the molecule is CCCc1cc(Sc2ccc(NC(=O)c3ccc(F)cc3)cc2)n2ncnc2n1. The van der Waals surface area contributed by atoms with E-state index >= 15 is 0 Å². The zero-order chi connectivity index (χ0) is 20.2. The van der Waals surface area contributed by atoms with Gasteiger partial charge < -0.3 is 5.32 Å². The minimum Gasteiger partial charge on any atom is -0.322 e. The third-order valence-corrected chi connectivity index (χ3v) is 5.23. The Morgan fingerprint density at radius 2 is 1.90 bits per heavy atom. The third kappa shape index (κ3) is 4.43. The number of aromatic nitrogens is 4. The molecule has 0 spiro atoms. The Kier molecular flexibility index (Phi) is 5.53. The molecule has 2 aromatic carbocycles. The standard InChI is InChI=1S/C21H18FN5OS/c1-2-3-17-12-19(27-21(26-17)23-13-24-27)29-18-10-8-16(9-11-18)25-20(28)14-4-6-15(22)7-5-14/h4-13H,2-3H2,1H3,(H,25,28). The summed E-state index contributed by atoms with van der Waals surface area (Å²) in [6.07, 6.45) is 3.38. The Morgan fingerprint density at radius 1 is 1.14 bits per heavy atom. The molecule has 146 valence electrons. The number of benzene rings is 2. The summed E-state index contributed by atoms with van der Waals surface area (Å²) in [5.74, 6) is -0.0719. The highest BCUT2D eigenvalue weighted by atomic mass is 32.2. The lowest BCUT2D eigenvalue weighted by atomic mass is 10.2. The number of nitrogens with one attached hydrogen (secondary N) is 1. The van der Waals surface area contributed by atoms with Crippen LogP contribution in [0.5, 0.6) is 0 Å². The zero-order valence-electron chi connectivity index (χ0n) is 15.7. The van der Waals surface area contributed by atoms with Gasteiger partial charge in [-0.25, -0.2) is 9.37 Å². The van der Waals surface area contributed by atoms with Gasteiger partial charge in [-0.2, -0.15) is 14.6 Å². The first kappa shape index (κ1) is 19.1. The highest BCUT2D eigenvalue weighted by Gasteiger charge is 2.10. The summed E-state index contributed by atoms with van der Waals surface area (Å²) in [5.41, 5.74) is 2.05. The van der Waals surface area contributed by atoms with Crippen LogP contribution in [0, 0.1) is 5.82 Å². The predicted octanol–water partition coefficient (Wildman–Crippen LogP) is 4.62. The second-order valence-electron chi connectivity index (χ2n) is 6.40. The van der Waals surface area contributed by atoms with Gasteiger partial charge in [-0.05, 0) is 61.0 Å². The van der Waals surface area contributed by atoms with Crippen LogP contribution in [0.15, 0.2) is 70.8 Å². The van der Waals surface area contributed by atoms with Gasteiger partial charge in [0.15, 0.2) is 0 Å². The molecule has 0 saturated heterocycles. The number of amides is 1. The second-order valence-corrected chi connectivity index (χ2v) is 7.49. The first-order valence-corrected chi connectivity index (χ1v) is 9.98. The van der Waals surface area contributed by atoms with E-state index in [2.05, 4.69) is 27.3 Å². The molecule has 8 heteroatoms. The summed E-state index contributed by atoms with van der Waals surface area (Å²) in [7, 11) is 0. The molecule has 6 nitrogen and oxygen atoms in total. The van der Waals surface area contributed by atoms with E-state index in [-0.39, 0.29) is 11.7 Å². The first-order valence-electron chi connectivity index (χ1n) is 9.17. The summed E-state index contributed by atoms with van der Waals surface area (Å²) in [4.78, 5) is 22.0. The number of halogens is 1. The Morgan fingerprint density at radius 3 is 2.62 bits per heavy atom. The van der Waals surface area contributed by atoms with Gasteiger partial charge in [0.05, 0.1) is 0 Å².